The molecule has 2 rings (SSSR count). The first-order valence-electron chi connectivity index (χ1n) is 5.44. The van der Waals surface area contributed by atoms with Gasteiger partial charge in [0.2, 0.25) is 0 Å². The smallest absolute Gasteiger partial charge is 0.352 e. The quantitative estimate of drug-likeness (QED) is 0.774. The van der Waals surface area contributed by atoms with E-state index in [-0.39, 0.29) is 5.69 Å². The van der Waals surface area contributed by atoms with E-state index in [0.717, 1.165) is 16.8 Å². The van der Waals surface area contributed by atoms with Gasteiger partial charge in [-0.15, -0.1) is 0 Å². The summed E-state index contributed by atoms with van der Waals surface area (Å²) in [5.74, 6) is -0.291. The van der Waals surface area contributed by atoms with Crippen molar-refractivity contribution in [3.63, 3.8) is 0 Å². The number of aromatic amines is 1. The highest BCUT2D eigenvalue weighted by molar-refractivity contribution is 5.89. The first-order chi connectivity index (χ1) is 8.67. The minimum Gasteiger partial charge on any atom is -0.494 e. The molecule has 0 radical (unpaired) electrons. The molecule has 0 saturated heterocycles. The van der Waals surface area contributed by atoms with Crippen molar-refractivity contribution in [2.45, 2.75) is 0 Å². The van der Waals surface area contributed by atoms with E-state index >= 15 is 0 Å². The first-order valence-corrected chi connectivity index (χ1v) is 5.44. The fraction of sp³-hybridized carbons (Fsp3) is 0.154. The van der Waals surface area contributed by atoms with Crippen molar-refractivity contribution >= 4 is 11.7 Å². The summed E-state index contributed by atoms with van der Waals surface area (Å²) in [6, 6.07) is 7.25. The maximum atomic E-state index is 10.8. The van der Waals surface area contributed by atoms with E-state index in [0.29, 0.717) is 5.75 Å². The molecule has 0 amide bonds. The second-order valence-electron chi connectivity index (χ2n) is 3.74. The Balaban J connectivity index is 2.52. The highest BCUT2D eigenvalue weighted by atomic mass is 16.5. The highest BCUT2D eigenvalue weighted by Crippen LogP contribution is 2.36. The van der Waals surface area contributed by atoms with Crippen LogP contribution in [0.1, 0.15) is 10.5 Å². The molecule has 5 nitrogen and oxygen atoms in total. The summed E-state index contributed by atoms with van der Waals surface area (Å²) in [6.45, 7) is 0. The third kappa shape index (κ3) is 2.02. The Labute approximate surface area is 104 Å². The molecule has 1 aromatic heterocycles. The largest absolute Gasteiger partial charge is 0.494 e. The Morgan fingerprint density at radius 1 is 1.44 bits per heavy atom. The van der Waals surface area contributed by atoms with Gasteiger partial charge >= 0.3 is 5.97 Å². The number of rotatable bonds is 4. The number of aromatic nitrogens is 1. The lowest BCUT2D eigenvalue weighted by Crippen LogP contribution is -1.96. The van der Waals surface area contributed by atoms with Crippen molar-refractivity contribution in [1.82, 2.24) is 4.98 Å². The van der Waals surface area contributed by atoms with Crippen LogP contribution < -0.4 is 10.1 Å². The van der Waals surface area contributed by atoms with Crippen LogP contribution in [0.25, 0.3) is 11.1 Å². The maximum absolute atomic E-state index is 10.8. The van der Waals surface area contributed by atoms with Gasteiger partial charge in [-0.2, -0.15) is 0 Å². The number of hydrogen-bond donors (Lipinski definition) is 3. The van der Waals surface area contributed by atoms with E-state index in [4.69, 9.17) is 9.84 Å². The number of methoxy groups -OCH3 is 1. The van der Waals surface area contributed by atoms with Crippen LogP contribution in [0.2, 0.25) is 0 Å². The van der Waals surface area contributed by atoms with Crippen molar-refractivity contribution in [2.75, 3.05) is 19.5 Å². The number of ether oxygens (including phenoxy) is 1. The second-order valence-corrected chi connectivity index (χ2v) is 3.74. The van der Waals surface area contributed by atoms with Crippen molar-refractivity contribution in [1.29, 1.82) is 0 Å². The average Bonchev–Trinajstić information content (AvgIpc) is 2.87. The molecule has 2 aromatic rings. The molecule has 0 aliphatic rings. The Hall–Kier alpha value is -2.43. The molecular formula is C13H14N2O3. The SMILES string of the molecule is CNc1cccc(-c2c[nH]c(C(=O)O)c2)c1OC. The zero-order chi connectivity index (χ0) is 13.1. The lowest BCUT2D eigenvalue weighted by molar-refractivity contribution is 0.0691. The number of carboxylic acids is 1. The van der Waals surface area contributed by atoms with Crippen molar-refractivity contribution in [3.8, 4) is 16.9 Å². The number of carbonyl (C=O) groups is 1. The molecule has 0 aliphatic carbocycles. The average molecular weight is 246 g/mol. The first kappa shape index (κ1) is 12.0. The molecule has 1 heterocycles. The predicted molar refractivity (Wildman–Crippen MR) is 69.3 cm³/mol. The van der Waals surface area contributed by atoms with Crippen LogP contribution in [-0.2, 0) is 0 Å². The number of benzene rings is 1. The van der Waals surface area contributed by atoms with Gasteiger partial charge in [-0.05, 0) is 12.1 Å². The summed E-state index contributed by atoms with van der Waals surface area (Å²) in [5, 5.41) is 11.9. The minimum absolute atomic E-state index is 0.155. The van der Waals surface area contributed by atoms with E-state index in [9.17, 15) is 4.79 Å². The zero-order valence-corrected chi connectivity index (χ0v) is 10.2. The third-order valence-corrected chi connectivity index (χ3v) is 2.71. The molecule has 94 valence electrons. The van der Waals surface area contributed by atoms with Gasteiger partial charge < -0.3 is 20.1 Å². The molecule has 0 fully saturated rings. The van der Waals surface area contributed by atoms with E-state index < -0.39 is 5.97 Å². The van der Waals surface area contributed by atoms with Gasteiger partial charge in [-0.3, -0.25) is 0 Å². The maximum Gasteiger partial charge on any atom is 0.352 e. The van der Waals surface area contributed by atoms with Crippen molar-refractivity contribution < 1.29 is 14.6 Å². The monoisotopic (exact) mass is 246 g/mol. The third-order valence-electron chi connectivity index (χ3n) is 2.71. The summed E-state index contributed by atoms with van der Waals surface area (Å²) in [7, 11) is 3.39. The van der Waals surface area contributed by atoms with Crippen LogP contribution in [0.5, 0.6) is 5.75 Å². The van der Waals surface area contributed by atoms with E-state index in [1.54, 1.807) is 26.4 Å². The Morgan fingerprint density at radius 2 is 2.22 bits per heavy atom. The van der Waals surface area contributed by atoms with Crippen LogP contribution in [0.4, 0.5) is 5.69 Å². The fourth-order valence-corrected chi connectivity index (χ4v) is 1.85. The molecule has 5 heteroatoms. The summed E-state index contributed by atoms with van der Waals surface area (Å²) in [4.78, 5) is 13.6. The molecule has 0 saturated carbocycles. The Bertz CT molecular complexity index is 575. The molecule has 0 spiro atoms. The van der Waals surface area contributed by atoms with Crippen LogP contribution in [0.15, 0.2) is 30.5 Å². The van der Waals surface area contributed by atoms with Crippen LogP contribution in [0, 0.1) is 0 Å². The van der Waals surface area contributed by atoms with Gasteiger partial charge in [-0.1, -0.05) is 12.1 Å². The number of aromatic carboxylic acids is 1. The van der Waals surface area contributed by atoms with E-state index in [2.05, 4.69) is 10.3 Å². The predicted octanol–water partition coefficient (Wildman–Crippen LogP) is 2.43. The molecule has 18 heavy (non-hydrogen) atoms. The summed E-state index contributed by atoms with van der Waals surface area (Å²) < 4.78 is 5.37. The van der Waals surface area contributed by atoms with Crippen LogP contribution in [0.3, 0.4) is 0 Å². The van der Waals surface area contributed by atoms with Crippen molar-refractivity contribution in [2.24, 2.45) is 0 Å². The molecule has 0 aliphatic heterocycles. The topological polar surface area (TPSA) is 74.4 Å². The molecule has 0 unspecified atom stereocenters. The van der Waals surface area contributed by atoms with Crippen LogP contribution >= 0.6 is 0 Å². The number of para-hydroxylation sites is 1. The molecule has 0 atom stereocenters. The number of anilines is 1. The van der Waals surface area contributed by atoms with Gasteiger partial charge in [0.25, 0.3) is 0 Å². The summed E-state index contributed by atoms with van der Waals surface area (Å²) in [5.41, 5.74) is 2.63. The number of hydrogen-bond acceptors (Lipinski definition) is 3. The van der Waals surface area contributed by atoms with Gasteiger partial charge in [0.1, 0.15) is 11.4 Å². The molecule has 0 bridgehead atoms. The van der Waals surface area contributed by atoms with E-state index in [1.165, 1.54) is 0 Å². The Morgan fingerprint density at radius 3 is 2.78 bits per heavy atom. The van der Waals surface area contributed by atoms with E-state index in [1.807, 2.05) is 18.2 Å². The molecule has 3 N–H and O–H groups in total. The normalized spacial score (nSPS) is 10.1. The fourth-order valence-electron chi connectivity index (χ4n) is 1.85. The van der Waals surface area contributed by atoms with Crippen molar-refractivity contribution in [3.05, 3.63) is 36.2 Å². The number of carboxylic acid groups (broad SMARTS) is 1. The van der Waals surface area contributed by atoms with Gasteiger partial charge in [-0.25, -0.2) is 4.79 Å². The zero-order valence-electron chi connectivity index (χ0n) is 10.2. The highest BCUT2D eigenvalue weighted by Gasteiger charge is 2.13. The Kier molecular flexibility index (Phi) is 3.23. The lowest BCUT2D eigenvalue weighted by Gasteiger charge is -2.12. The van der Waals surface area contributed by atoms with Gasteiger partial charge in [0.15, 0.2) is 0 Å². The second kappa shape index (κ2) is 4.83. The number of H-pyrrole nitrogens is 1. The molecule has 1 aromatic carbocycles. The summed E-state index contributed by atoms with van der Waals surface area (Å²) >= 11 is 0. The lowest BCUT2D eigenvalue weighted by atomic mass is 10.1. The standard InChI is InChI=1S/C13H14N2O3/c1-14-10-5-3-4-9(12(10)18-2)8-6-11(13(16)17)15-7-8/h3-7,14-15H,1-2H3,(H,16,17). The van der Waals surface area contributed by atoms with Gasteiger partial charge in [0.05, 0.1) is 12.8 Å². The summed E-state index contributed by atoms with van der Waals surface area (Å²) in [6.07, 6.45) is 1.65. The minimum atomic E-state index is -0.981. The number of nitrogens with one attached hydrogen (secondary N) is 2. The van der Waals surface area contributed by atoms with Crippen LogP contribution in [-0.4, -0.2) is 30.2 Å². The molecular weight excluding hydrogens is 232 g/mol. The van der Waals surface area contributed by atoms with Gasteiger partial charge in [0, 0.05) is 24.4 Å².